The van der Waals surface area contributed by atoms with Crippen molar-refractivity contribution in [1.29, 1.82) is 0 Å². The number of nitrogens with zero attached hydrogens (tertiary/aromatic N) is 2. The molecular formula is C16H21N3O2S. The van der Waals surface area contributed by atoms with Crippen LogP contribution >= 0.6 is 11.3 Å². The Morgan fingerprint density at radius 1 is 1.36 bits per heavy atom. The molecule has 1 aromatic heterocycles. The smallest absolute Gasteiger partial charge is 0.270 e. The quantitative estimate of drug-likeness (QED) is 0.815. The van der Waals surface area contributed by atoms with Gasteiger partial charge in [-0.15, -0.1) is 11.3 Å². The van der Waals surface area contributed by atoms with Crippen LogP contribution in [0.4, 0.5) is 0 Å². The number of carbonyl (C=O) groups is 1. The number of hydrogen-bond donors (Lipinski definition) is 2. The van der Waals surface area contributed by atoms with E-state index in [9.17, 15) is 9.90 Å². The number of aromatic nitrogens is 1. The van der Waals surface area contributed by atoms with Crippen molar-refractivity contribution < 1.29 is 9.90 Å². The molecule has 6 heteroatoms. The Hall–Kier alpha value is -1.76. The number of nitrogens with one attached hydrogen (secondary N) is 1. The van der Waals surface area contributed by atoms with Gasteiger partial charge in [-0.25, -0.2) is 4.98 Å². The predicted octanol–water partition coefficient (Wildman–Crippen LogP) is 1.71. The summed E-state index contributed by atoms with van der Waals surface area (Å²) >= 11 is 1.31. The normalized spacial score (nSPS) is 12.4. The predicted molar refractivity (Wildman–Crippen MR) is 88.1 cm³/mol. The van der Waals surface area contributed by atoms with Crippen LogP contribution in [0.2, 0.25) is 0 Å². The van der Waals surface area contributed by atoms with Gasteiger partial charge in [-0.05, 0) is 19.7 Å². The zero-order valence-corrected chi connectivity index (χ0v) is 13.6. The van der Waals surface area contributed by atoms with Crippen LogP contribution in [0.5, 0.6) is 0 Å². The van der Waals surface area contributed by atoms with Gasteiger partial charge in [0.05, 0.1) is 0 Å². The average molecular weight is 319 g/mol. The number of thiazole rings is 1. The Bertz CT molecular complexity index is 598. The summed E-state index contributed by atoms with van der Waals surface area (Å²) < 4.78 is 0. The number of aliphatic hydroxyl groups excluding tert-OH is 1. The Morgan fingerprint density at radius 3 is 2.77 bits per heavy atom. The number of aliphatic hydroxyl groups is 1. The van der Waals surface area contributed by atoms with Gasteiger partial charge in [0, 0.05) is 24.9 Å². The number of likely N-dealkylation sites (N-methyl/N-ethyl adjacent to an activating group) is 1. The van der Waals surface area contributed by atoms with E-state index < -0.39 is 6.10 Å². The molecule has 0 aliphatic heterocycles. The van der Waals surface area contributed by atoms with Crippen molar-refractivity contribution in [1.82, 2.24) is 15.2 Å². The number of amides is 1. The van der Waals surface area contributed by atoms with Crippen LogP contribution < -0.4 is 5.32 Å². The largest absolute Gasteiger partial charge is 0.386 e. The maximum absolute atomic E-state index is 12.0. The van der Waals surface area contributed by atoms with Crippen molar-refractivity contribution >= 4 is 17.2 Å². The first-order valence-electron chi connectivity index (χ1n) is 7.16. The van der Waals surface area contributed by atoms with E-state index in [0.29, 0.717) is 23.7 Å². The van der Waals surface area contributed by atoms with Crippen LogP contribution in [-0.4, -0.2) is 48.1 Å². The molecule has 0 aliphatic carbocycles. The van der Waals surface area contributed by atoms with Gasteiger partial charge in [0.1, 0.15) is 16.8 Å². The lowest BCUT2D eigenvalue weighted by atomic mass is 10.1. The van der Waals surface area contributed by atoms with Crippen LogP contribution in [-0.2, 0) is 6.42 Å². The summed E-state index contributed by atoms with van der Waals surface area (Å²) in [5, 5.41) is 15.3. The molecule has 5 nitrogen and oxygen atoms in total. The third-order valence-electron chi connectivity index (χ3n) is 3.16. The molecular weight excluding hydrogens is 298 g/mol. The molecule has 1 unspecified atom stereocenters. The molecule has 118 valence electrons. The highest BCUT2D eigenvalue weighted by molar-refractivity contribution is 7.09. The van der Waals surface area contributed by atoms with E-state index in [0.717, 1.165) is 12.1 Å². The summed E-state index contributed by atoms with van der Waals surface area (Å²) in [6.45, 7) is 1.35. The first-order chi connectivity index (χ1) is 10.6. The number of rotatable bonds is 7. The molecule has 0 bridgehead atoms. The minimum Gasteiger partial charge on any atom is -0.386 e. The lowest BCUT2D eigenvalue weighted by molar-refractivity contribution is 0.0946. The zero-order chi connectivity index (χ0) is 15.9. The Kier molecular flexibility index (Phi) is 6.06. The molecule has 1 amide bonds. The summed E-state index contributed by atoms with van der Waals surface area (Å²) in [7, 11) is 3.90. The maximum atomic E-state index is 12.0. The standard InChI is InChI=1S/C16H21N3O2S/c1-19(2)9-8-17-15(21)13-11-22-16(18-13)14(20)10-12-6-4-3-5-7-12/h3-7,11,14,20H,8-10H2,1-2H3,(H,17,21). The van der Waals surface area contributed by atoms with E-state index in [4.69, 9.17) is 0 Å². The van der Waals surface area contributed by atoms with Crippen LogP contribution in [0.25, 0.3) is 0 Å². The zero-order valence-electron chi connectivity index (χ0n) is 12.8. The van der Waals surface area contributed by atoms with Gasteiger partial charge < -0.3 is 15.3 Å². The van der Waals surface area contributed by atoms with Crippen molar-refractivity contribution in [2.45, 2.75) is 12.5 Å². The Labute approximate surface area is 134 Å². The number of carbonyl (C=O) groups excluding carboxylic acids is 1. The van der Waals surface area contributed by atoms with Gasteiger partial charge in [0.2, 0.25) is 0 Å². The second-order valence-corrected chi connectivity index (χ2v) is 6.23. The van der Waals surface area contributed by atoms with Gasteiger partial charge in [-0.2, -0.15) is 0 Å². The molecule has 22 heavy (non-hydrogen) atoms. The second-order valence-electron chi connectivity index (χ2n) is 5.34. The Morgan fingerprint density at radius 2 is 2.09 bits per heavy atom. The summed E-state index contributed by atoms with van der Waals surface area (Å²) in [4.78, 5) is 18.2. The average Bonchev–Trinajstić information content (AvgIpc) is 2.98. The van der Waals surface area contributed by atoms with E-state index in [-0.39, 0.29) is 5.91 Å². The third kappa shape index (κ3) is 4.91. The van der Waals surface area contributed by atoms with E-state index in [1.165, 1.54) is 11.3 Å². The summed E-state index contributed by atoms with van der Waals surface area (Å²) in [5.74, 6) is -0.198. The van der Waals surface area contributed by atoms with E-state index in [1.54, 1.807) is 5.38 Å². The number of hydrogen-bond acceptors (Lipinski definition) is 5. The monoisotopic (exact) mass is 319 g/mol. The molecule has 1 aromatic carbocycles. The van der Waals surface area contributed by atoms with Gasteiger partial charge >= 0.3 is 0 Å². The van der Waals surface area contributed by atoms with E-state index >= 15 is 0 Å². The third-order valence-corrected chi connectivity index (χ3v) is 4.10. The second kappa shape index (κ2) is 8.03. The molecule has 2 aromatic rings. The molecule has 0 radical (unpaired) electrons. The fourth-order valence-corrected chi connectivity index (χ4v) is 2.74. The molecule has 0 saturated heterocycles. The van der Waals surface area contributed by atoms with E-state index in [1.807, 2.05) is 49.3 Å². The SMILES string of the molecule is CN(C)CCNC(=O)c1csc(C(O)Cc2ccccc2)n1. The first-order valence-corrected chi connectivity index (χ1v) is 8.04. The van der Waals surface area contributed by atoms with Crippen LogP contribution in [0.15, 0.2) is 35.7 Å². The maximum Gasteiger partial charge on any atom is 0.270 e. The highest BCUT2D eigenvalue weighted by atomic mass is 32.1. The molecule has 0 aliphatic rings. The lowest BCUT2D eigenvalue weighted by Gasteiger charge is -2.09. The Balaban J connectivity index is 1.91. The topological polar surface area (TPSA) is 65.5 Å². The molecule has 1 atom stereocenters. The number of benzene rings is 1. The molecule has 0 saturated carbocycles. The van der Waals surface area contributed by atoms with Crippen molar-refractivity contribution in [2.24, 2.45) is 0 Å². The first kappa shape index (κ1) is 16.6. The van der Waals surface area contributed by atoms with Crippen molar-refractivity contribution in [3.8, 4) is 0 Å². The van der Waals surface area contributed by atoms with Crippen LogP contribution in [0, 0.1) is 0 Å². The minimum atomic E-state index is -0.685. The highest BCUT2D eigenvalue weighted by Gasteiger charge is 2.16. The minimum absolute atomic E-state index is 0.198. The van der Waals surface area contributed by atoms with Gasteiger partial charge in [0.25, 0.3) is 5.91 Å². The van der Waals surface area contributed by atoms with Gasteiger partial charge in [-0.1, -0.05) is 30.3 Å². The van der Waals surface area contributed by atoms with Gasteiger partial charge in [0.15, 0.2) is 0 Å². The van der Waals surface area contributed by atoms with Crippen LogP contribution in [0.3, 0.4) is 0 Å². The molecule has 0 spiro atoms. The fourth-order valence-electron chi connectivity index (χ4n) is 1.95. The highest BCUT2D eigenvalue weighted by Crippen LogP contribution is 2.22. The van der Waals surface area contributed by atoms with Crippen LogP contribution in [0.1, 0.15) is 27.2 Å². The van der Waals surface area contributed by atoms with E-state index in [2.05, 4.69) is 10.3 Å². The molecule has 2 N–H and O–H groups in total. The van der Waals surface area contributed by atoms with Crippen molar-refractivity contribution in [3.05, 3.63) is 52.0 Å². The van der Waals surface area contributed by atoms with Crippen molar-refractivity contribution in [3.63, 3.8) is 0 Å². The molecule has 1 heterocycles. The van der Waals surface area contributed by atoms with Crippen molar-refractivity contribution in [2.75, 3.05) is 27.2 Å². The lowest BCUT2D eigenvalue weighted by Crippen LogP contribution is -2.31. The molecule has 2 rings (SSSR count). The summed E-state index contributed by atoms with van der Waals surface area (Å²) in [6, 6.07) is 9.74. The summed E-state index contributed by atoms with van der Waals surface area (Å²) in [6.07, 6.45) is -0.188. The molecule has 0 fully saturated rings. The fraction of sp³-hybridized carbons (Fsp3) is 0.375. The van der Waals surface area contributed by atoms with Gasteiger partial charge in [-0.3, -0.25) is 4.79 Å². The summed E-state index contributed by atoms with van der Waals surface area (Å²) in [5.41, 5.74) is 1.41.